The number of quaternary nitrogens is 1. The van der Waals surface area contributed by atoms with Crippen molar-refractivity contribution >= 4 is 13.8 Å². The SMILES string of the molecule is CC/C=C\C/C=C\C/C=C\C/C=C\C/C=C\C/C=C\CCCCCCCOCC(COP(=O)([O-])OCC[N+](C)(C)C)OC(=O)CCCCC/C=C\C/C=C\C/C=C\CC. The van der Waals surface area contributed by atoms with E-state index in [1.165, 1.54) is 0 Å². The highest BCUT2D eigenvalue weighted by molar-refractivity contribution is 7.45. The Labute approximate surface area is 361 Å². The van der Waals surface area contributed by atoms with E-state index >= 15 is 0 Å². The zero-order valence-corrected chi connectivity index (χ0v) is 38.8. The number of unbranched alkanes of at least 4 members (excludes halogenated alkanes) is 8. The molecule has 0 fully saturated rings. The fraction of sp³-hybridized carbons (Fsp3) is 0.620. The molecule has 0 N–H and O–H groups in total. The van der Waals surface area contributed by atoms with Gasteiger partial charge in [0, 0.05) is 13.0 Å². The summed E-state index contributed by atoms with van der Waals surface area (Å²) >= 11 is 0. The maximum Gasteiger partial charge on any atom is 0.306 e. The predicted molar refractivity (Wildman–Crippen MR) is 249 cm³/mol. The summed E-state index contributed by atoms with van der Waals surface area (Å²) in [6.45, 7) is 5.05. The lowest BCUT2D eigenvalue weighted by Gasteiger charge is -2.28. The standard InChI is InChI=1S/C50H84NO7P/c1-6-8-10-12-14-16-18-20-21-22-23-24-25-26-27-28-29-30-32-34-36-38-40-42-45-55-47-49(48-57-59(53,54)56-46-44-51(3,4)5)58-50(52)43-41-39-37-35-33-31-19-17-15-13-11-9-7-2/h8-11,14-17,20-21,23-24,26-27,29-31,33,49H,6-7,12-13,18-19,22,25,28,32,34-48H2,1-5H3/b10-8-,11-9-,16-14-,17-15-,21-20-,24-23-,27-26-,30-29-,33-31-. The monoisotopic (exact) mass is 842 g/mol. The number of carbonyl (C=O) groups is 1. The van der Waals surface area contributed by atoms with Crippen LogP contribution in [0.5, 0.6) is 0 Å². The van der Waals surface area contributed by atoms with E-state index in [0.29, 0.717) is 24.1 Å². The largest absolute Gasteiger partial charge is 0.756 e. The maximum absolute atomic E-state index is 12.7. The summed E-state index contributed by atoms with van der Waals surface area (Å²) in [7, 11) is 1.30. The third-order valence-corrected chi connectivity index (χ3v) is 9.78. The van der Waals surface area contributed by atoms with E-state index < -0.39 is 13.9 Å². The molecule has 0 aromatic rings. The van der Waals surface area contributed by atoms with Crippen LogP contribution >= 0.6 is 7.82 Å². The molecule has 0 rings (SSSR count). The fourth-order valence-electron chi connectivity index (χ4n) is 5.39. The first-order chi connectivity index (χ1) is 28.6. The molecular formula is C50H84NO7P. The van der Waals surface area contributed by atoms with Crippen molar-refractivity contribution in [2.45, 2.75) is 148 Å². The van der Waals surface area contributed by atoms with E-state index in [1.807, 2.05) is 21.1 Å². The summed E-state index contributed by atoms with van der Waals surface area (Å²) < 4.78 is 34.5. The number of phosphoric ester groups is 1. The third-order valence-electron chi connectivity index (χ3n) is 8.82. The van der Waals surface area contributed by atoms with Gasteiger partial charge in [0.2, 0.25) is 0 Å². The average molecular weight is 842 g/mol. The van der Waals surface area contributed by atoms with Gasteiger partial charge in [-0.1, -0.05) is 149 Å². The number of allylic oxidation sites excluding steroid dienone is 18. The van der Waals surface area contributed by atoms with Crippen molar-refractivity contribution in [2.24, 2.45) is 0 Å². The zero-order valence-electron chi connectivity index (χ0n) is 37.9. The van der Waals surface area contributed by atoms with Crippen LogP contribution < -0.4 is 4.89 Å². The Morgan fingerprint density at radius 2 is 0.932 bits per heavy atom. The Bertz CT molecular complexity index is 1300. The molecule has 0 saturated heterocycles. The lowest BCUT2D eigenvalue weighted by Crippen LogP contribution is -2.37. The lowest BCUT2D eigenvalue weighted by atomic mass is 10.1. The highest BCUT2D eigenvalue weighted by Crippen LogP contribution is 2.38. The van der Waals surface area contributed by atoms with Crippen LogP contribution in [0.15, 0.2) is 109 Å². The molecule has 2 atom stereocenters. The topological polar surface area (TPSA) is 94.1 Å². The minimum Gasteiger partial charge on any atom is -0.756 e. The van der Waals surface area contributed by atoms with Crippen LogP contribution in [0.4, 0.5) is 0 Å². The molecule has 9 heteroatoms. The molecular weight excluding hydrogens is 758 g/mol. The van der Waals surface area contributed by atoms with Crippen LogP contribution in [-0.4, -0.2) is 70.7 Å². The molecule has 0 aromatic carbocycles. The van der Waals surface area contributed by atoms with Gasteiger partial charge in [-0.05, 0) is 96.3 Å². The van der Waals surface area contributed by atoms with E-state index in [-0.39, 0.29) is 32.2 Å². The Hall–Kier alpha value is -2.84. The van der Waals surface area contributed by atoms with Gasteiger partial charge in [-0.25, -0.2) is 0 Å². The minimum absolute atomic E-state index is 0.00908. The predicted octanol–water partition coefficient (Wildman–Crippen LogP) is 13.0. The molecule has 0 aliphatic heterocycles. The van der Waals surface area contributed by atoms with Gasteiger partial charge in [-0.2, -0.15) is 0 Å². The zero-order chi connectivity index (χ0) is 43.4. The molecule has 0 spiro atoms. The van der Waals surface area contributed by atoms with Gasteiger partial charge in [-0.3, -0.25) is 9.36 Å². The first-order valence-corrected chi connectivity index (χ1v) is 24.1. The number of carbonyl (C=O) groups excluding carboxylic acids is 1. The number of rotatable bonds is 40. The van der Waals surface area contributed by atoms with Crippen molar-refractivity contribution in [3.05, 3.63) is 109 Å². The van der Waals surface area contributed by atoms with E-state index in [4.69, 9.17) is 18.5 Å². The molecule has 0 amide bonds. The number of likely N-dealkylation sites (N-methyl/N-ethyl adjacent to an activating group) is 1. The second-order valence-corrected chi connectivity index (χ2v) is 17.1. The van der Waals surface area contributed by atoms with Gasteiger partial charge >= 0.3 is 5.97 Å². The summed E-state index contributed by atoms with van der Waals surface area (Å²) in [5, 5.41) is 0. The van der Waals surface area contributed by atoms with E-state index in [1.54, 1.807) is 0 Å². The van der Waals surface area contributed by atoms with Gasteiger partial charge in [0.1, 0.15) is 19.3 Å². The van der Waals surface area contributed by atoms with Crippen molar-refractivity contribution in [1.29, 1.82) is 0 Å². The van der Waals surface area contributed by atoms with E-state index in [0.717, 1.165) is 116 Å². The van der Waals surface area contributed by atoms with Gasteiger partial charge in [-0.15, -0.1) is 0 Å². The van der Waals surface area contributed by atoms with Crippen LogP contribution in [0.3, 0.4) is 0 Å². The summed E-state index contributed by atoms with van der Waals surface area (Å²) in [5.74, 6) is -0.376. The Balaban J connectivity index is 4.29. The second-order valence-electron chi connectivity index (χ2n) is 15.6. The van der Waals surface area contributed by atoms with Crippen LogP contribution in [0.1, 0.15) is 142 Å². The first-order valence-electron chi connectivity index (χ1n) is 22.6. The highest BCUT2D eigenvalue weighted by atomic mass is 31.2. The number of esters is 1. The average Bonchev–Trinajstić information content (AvgIpc) is 3.19. The molecule has 8 nitrogen and oxygen atoms in total. The molecule has 0 aliphatic carbocycles. The second kappa shape index (κ2) is 41.9. The smallest absolute Gasteiger partial charge is 0.306 e. The summed E-state index contributed by atoms with van der Waals surface area (Å²) in [4.78, 5) is 25.0. The number of ether oxygens (including phenoxy) is 2. The normalized spacial score (nSPS) is 14.7. The molecule has 59 heavy (non-hydrogen) atoms. The van der Waals surface area contributed by atoms with Crippen LogP contribution in [0.25, 0.3) is 0 Å². The van der Waals surface area contributed by atoms with Gasteiger partial charge in [0.25, 0.3) is 7.82 Å². The number of hydrogen-bond acceptors (Lipinski definition) is 7. The quantitative estimate of drug-likeness (QED) is 0.0199. The molecule has 0 heterocycles. The number of phosphoric acid groups is 1. The summed E-state index contributed by atoms with van der Waals surface area (Å²) in [6, 6.07) is 0. The minimum atomic E-state index is -4.55. The third kappa shape index (κ3) is 46.1. The van der Waals surface area contributed by atoms with Crippen LogP contribution in [0, 0.1) is 0 Å². The molecule has 0 aliphatic rings. The maximum atomic E-state index is 12.7. The van der Waals surface area contributed by atoms with Crippen molar-refractivity contribution in [3.8, 4) is 0 Å². The molecule has 0 aromatic heterocycles. The first kappa shape index (κ1) is 56.2. The summed E-state index contributed by atoms with van der Waals surface area (Å²) in [6.07, 6.45) is 58.3. The fourth-order valence-corrected chi connectivity index (χ4v) is 6.11. The molecule has 0 radical (unpaired) electrons. The number of hydrogen-bond donors (Lipinski definition) is 0. The summed E-state index contributed by atoms with van der Waals surface area (Å²) in [5.41, 5.74) is 0. The van der Waals surface area contributed by atoms with Gasteiger partial charge in [0.15, 0.2) is 0 Å². The number of nitrogens with zero attached hydrogens (tertiary/aromatic N) is 1. The molecule has 2 unspecified atom stereocenters. The van der Waals surface area contributed by atoms with Crippen molar-refractivity contribution in [2.75, 3.05) is 54.1 Å². The molecule has 336 valence electrons. The molecule has 0 saturated carbocycles. The van der Waals surface area contributed by atoms with E-state index in [2.05, 4.69) is 123 Å². The van der Waals surface area contributed by atoms with Crippen LogP contribution in [0.2, 0.25) is 0 Å². The molecule has 0 bridgehead atoms. The lowest BCUT2D eigenvalue weighted by molar-refractivity contribution is -0.870. The Kier molecular flexibility index (Phi) is 39.9. The van der Waals surface area contributed by atoms with Gasteiger partial charge < -0.3 is 27.9 Å². The van der Waals surface area contributed by atoms with Crippen molar-refractivity contribution < 1.29 is 37.3 Å². The van der Waals surface area contributed by atoms with Crippen molar-refractivity contribution in [3.63, 3.8) is 0 Å². The van der Waals surface area contributed by atoms with Gasteiger partial charge in [0.05, 0.1) is 34.4 Å². The Morgan fingerprint density at radius 3 is 1.39 bits per heavy atom. The van der Waals surface area contributed by atoms with E-state index in [9.17, 15) is 14.3 Å². The highest BCUT2D eigenvalue weighted by Gasteiger charge is 2.20. The Morgan fingerprint density at radius 1 is 0.525 bits per heavy atom. The van der Waals surface area contributed by atoms with Crippen molar-refractivity contribution in [1.82, 2.24) is 0 Å². The van der Waals surface area contributed by atoms with Crippen LogP contribution in [-0.2, 0) is 27.9 Å².